The van der Waals surface area contributed by atoms with E-state index in [2.05, 4.69) is 33.6 Å². The number of benzene rings is 1. The lowest BCUT2D eigenvalue weighted by Crippen LogP contribution is -2.10. The molecule has 1 atom stereocenters. The van der Waals surface area contributed by atoms with Crippen LogP contribution in [0.1, 0.15) is 34.9 Å². The van der Waals surface area contributed by atoms with E-state index in [1.54, 1.807) is 0 Å². The first-order chi connectivity index (χ1) is 7.84. The first-order valence-electron chi connectivity index (χ1n) is 5.41. The normalized spacial score (nSPS) is 19.4. The van der Waals surface area contributed by atoms with Crippen molar-refractivity contribution in [2.45, 2.75) is 25.2 Å². The minimum Gasteiger partial charge on any atom is -0.209 e. The smallest absolute Gasteiger partial charge is 0.209 e. The van der Waals surface area contributed by atoms with Crippen LogP contribution >= 0.6 is 23.1 Å². The fourth-order valence-electron chi connectivity index (χ4n) is 2.37. The van der Waals surface area contributed by atoms with Gasteiger partial charge >= 0.3 is 0 Å². The lowest BCUT2D eigenvalue weighted by atomic mass is 9.83. The van der Waals surface area contributed by atoms with Crippen molar-refractivity contribution < 1.29 is 0 Å². The van der Waals surface area contributed by atoms with Gasteiger partial charge in [0.1, 0.15) is 5.01 Å². The van der Waals surface area contributed by atoms with Crippen LogP contribution in [0.5, 0.6) is 0 Å². The van der Waals surface area contributed by atoms with Crippen LogP contribution in [0, 0.1) is 0 Å². The fourth-order valence-corrected chi connectivity index (χ4v) is 3.32. The van der Waals surface area contributed by atoms with E-state index in [9.17, 15) is 0 Å². The highest BCUT2D eigenvalue weighted by Gasteiger charge is 2.24. The van der Waals surface area contributed by atoms with Gasteiger partial charge < -0.3 is 0 Å². The van der Waals surface area contributed by atoms with E-state index in [-0.39, 0.29) is 0 Å². The van der Waals surface area contributed by atoms with Crippen LogP contribution in [0.3, 0.4) is 0 Å². The van der Waals surface area contributed by atoms with Crippen molar-refractivity contribution in [2.75, 3.05) is 0 Å². The molecule has 82 valence electrons. The molecule has 2 aromatic rings. The van der Waals surface area contributed by atoms with Crippen molar-refractivity contribution in [3.63, 3.8) is 0 Å². The Hall–Kier alpha value is -0.930. The molecule has 1 unspecified atom stereocenters. The molecule has 0 bridgehead atoms. The van der Waals surface area contributed by atoms with Crippen molar-refractivity contribution >= 4 is 23.1 Å². The predicted molar refractivity (Wildman–Crippen MR) is 66.1 cm³/mol. The van der Waals surface area contributed by atoms with Crippen LogP contribution in [0.2, 0.25) is 5.28 Å². The number of aromatic nitrogens is 2. The standard InChI is InChI=1S/C12H11ClN2S/c13-12-14-11(16-15-12)10-7-3-5-8-4-1-2-6-9(8)10/h1-2,4,6,10H,3,5,7H2. The van der Waals surface area contributed by atoms with E-state index in [0.29, 0.717) is 11.2 Å². The zero-order chi connectivity index (χ0) is 11.0. The quantitative estimate of drug-likeness (QED) is 0.772. The highest BCUT2D eigenvalue weighted by atomic mass is 35.5. The van der Waals surface area contributed by atoms with Crippen LogP contribution in [-0.2, 0) is 6.42 Å². The minimum absolute atomic E-state index is 0.378. The van der Waals surface area contributed by atoms with Gasteiger partial charge in [0.15, 0.2) is 0 Å². The number of rotatable bonds is 1. The van der Waals surface area contributed by atoms with Gasteiger partial charge in [0.2, 0.25) is 5.28 Å². The molecule has 0 saturated carbocycles. The first kappa shape index (κ1) is 10.2. The lowest BCUT2D eigenvalue weighted by Gasteiger charge is -2.23. The Labute approximate surface area is 103 Å². The zero-order valence-corrected chi connectivity index (χ0v) is 10.3. The second-order valence-electron chi connectivity index (χ2n) is 4.05. The van der Waals surface area contributed by atoms with E-state index < -0.39 is 0 Å². The molecule has 0 saturated heterocycles. The van der Waals surface area contributed by atoms with Crippen LogP contribution in [0.25, 0.3) is 0 Å². The Kier molecular flexibility index (Phi) is 2.65. The van der Waals surface area contributed by atoms with Gasteiger partial charge in [-0.05, 0) is 53.5 Å². The predicted octanol–water partition coefficient (Wildman–Crippen LogP) is 3.66. The van der Waals surface area contributed by atoms with E-state index >= 15 is 0 Å². The Morgan fingerprint density at radius 3 is 3.00 bits per heavy atom. The van der Waals surface area contributed by atoms with Crippen molar-refractivity contribution in [1.29, 1.82) is 0 Å². The summed E-state index contributed by atoms with van der Waals surface area (Å²) in [4.78, 5) is 4.31. The largest absolute Gasteiger partial charge is 0.234 e. The summed E-state index contributed by atoms with van der Waals surface area (Å²) in [5.41, 5.74) is 2.85. The molecule has 16 heavy (non-hydrogen) atoms. The summed E-state index contributed by atoms with van der Waals surface area (Å²) in [6, 6.07) is 8.62. The van der Waals surface area contributed by atoms with Gasteiger partial charge in [-0.2, -0.15) is 4.37 Å². The van der Waals surface area contributed by atoms with Gasteiger partial charge in [0, 0.05) is 5.92 Å². The molecule has 0 N–H and O–H groups in total. The van der Waals surface area contributed by atoms with Gasteiger partial charge in [-0.15, -0.1) is 0 Å². The first-order valence-corrected chi connectivity index (χ1v) is 6.56. The van der Waals surface area contributed by atoms with Crippen LogP contribution in [0.4, 0.5) is 0 Å². The van der Waals surface area contributed by atoms with Crippen LogP contribution in [0.15, 0.2) is 24.3 Å². The van der Waals surface area contributed by atoms with Crippen molar-refractivity contribution in [3.8, 4) is 0 Å². The molecular weight excluding hydrogens is 240 g/mol. The van der Waals surface area contributed by atoms with Crippen LogP contribution in [-0.4, -0.2) is 9.36 Å². The summed E-state index contributed by atoms with van der Waals surface area (Å²) in [6.45, 7) is 0. The molecule has 0 amide bonds. The third-order valence-electron chi connectivity index (χ3n) is 3.08. The summed E-state index contributed by atoms with van der Waals surface area (Å²) >= 11 is 7.22. The molecule has 1 aliphatic carbocycles. The van der Waals surface area contributed by atoms with Gasteiger partial charge in [0.05, 0.1) is 0 Å². The molecule has 4 heteroatoms. The topological polar surface area (TPSA) is 25.8 Å². The highest BCUT2D eigenvalue weighted by molar-refractivity contribution is 7.05. The van der Waals surface area contributed by atoms with Crippen molar-refractivity contribution in [3.05, 3.63) is 45.7 Å². The summed E-state index contributed by atoms with van der Waals surface area (Å²) in [7, 11) is 0. The van der Waals surface area contributed by atoms with E-state index in [0.717, 1.165) is 11.4 Å². The van der Waals surface area contributed by atoms with Crippen molar-refractivity contribution in [2.24, 2.45) is 0 Å². The monoisotopic (exact) mass is 250 g/mol. The highest BCUT2D eigenvalue weighted by Crippen LogP contribution is 2.37. The maximum absolute atomic E-state index is 5.79. The second-order valence-corrected chi connectivity index (χ2v) is 5.17. The molecule has 0 spiro atoms. The summed E-state index contributed by atoms with van der Waals surface area (Å²) in [5.74, 6) is 0.398. The SMILES string of the molecule is Clc1nsc(C2CCCc3ccccc32)n1. The van der Waals surface area contributed by atoms with E-state index in [4.69, 9.17) is 11.6 Å². The molecule has 1 heterocycles. The number of hydrogen-bond donors (Lipinski definition) is 0. The molecule has 1 aliphatic rings. The molecule has 0 aliphatic heterocycles. The third-order valence-corrected chi connectivity index (χ3v) is 4.18. The lowest BCUT2D eigenvalue weighted by molar-refractivity contribution is 0.613. The Morgan fingerprint density at radius 1 is 1.31 bits per heavy atom. The van der Waals surface area contributed by atoms with E-state index in [1.165, 1.54) is 35.5 Å². The second kappa shape index (κ2) is 4.15. The average Bonchev–Trinajstić information content (AvgIpc) is 2.75. The number of hydrogen-bond acceptors (Lipinski definition) is 3. The molecule has 1 aromatic heterocycles. The fraction of sp³-hybridized carbons (Fsp3) is 0.333. The Morgan fingerprint density at radius 2 is 2.19 bits per heavy atom. The molecule has 2 nitrogen and oxygen atoms in total. The van der Waals surface area contributed by atoms with Crippen molar-refractivity contribution in [1.82, 2.24) is 9.36 Å². The van der Waals surface area contributed by atoms with Gasteiger partial charge in [-0.1, -0.05) is 24.3 Å². The third kappa shape index (κ3) is 1.74. The Balaban J connectivity index is 2.04. The van der Waals surface area contributed by atoms with Gasteiger partial charge in [-0.25, -0.2) is 4.98 Å². The number of fused-ring (bicyclic) bond motifs is 1. The maximum Gasteiger partial charge on any atom is 0.234 e. The number of aryl methyl sites for hydroxylation is 1. The molecule has 0 radical (unpaired) electrons. The van der Waals surface area contributed by atoms with Gasteiger partial charge in [0.25, 0.3) is 0 Å². The molecule has 0 fully saturated rings. The molecule has 3 rings (SSSR count). The average molecular weight is 251 g/mol. The maximum atomic E-state index is 5.79. The van der Waals surface area contributed by atoms with E-state index in [1.807, 2.05) is 0 Å². The van der Waals surface area contributed by atoms with Gasteiger partial charge in [-0.3, -0.25) is 0 Å². The Bertz CT molecular complexity index is 509. The minimum atomic E-state index is 0.378. The van der Waals surface area contributed by atoms with Crippen LogP contribution < -0.4 is 0 Å². The number of halogens is 1. The zero-order valence-electron chi connectivity index (χ0n) is 8.69. The summed E-state index contributed by atoms with van der Waals surface area (Å²) < 4.78 is 4.06. The summed E-state index contributed by atoms with van der Waals surface area (Å²) in [6.07, 6.45) is 3.56. The molecular formula is C12H11ClN2S. The summed E-state index contributed by atoms with van der Waals surface area (Å²) in [5, 5.41) is 1.43. The number of nitrogens with zero attached hydrogens (tertiary/aromatic N) is 2. The molecule has 1 aromatic carbocycles.